The second-order valence-corrected chi connectivity index (χ2v) is 2.99. The smallest absolute Gasteiger partial charge is 0.237 e. The van der Waals surface area contributed by atoms with Crippen molar-refractivity contribution in [2.75, 3.05) is 19.0 Å². The zero-order chi connectivity index (χ0) is 8.55. The standard InChI is InChI=1S/C8H13N3O/c1-11-7-6(4-3-5-9-7)8(10-11)12-2/h9H,3-5H2,1-2H3. The van der Waals surface area contributed by atoms with Gasteiger partial charge in [0.1, 0.15) is 5.82 Å². The topological polar surface area (TPSA) is 39.1 Å². The number of nitrogens with one attached hydrogen (secondary N) is 1. The number of hydrogen-bond donors (Lipinski definition) is 1. The van der Waals surface area contributed by atoms with Crippen molar-refractivity contribution in [3.8, 4) is 5.88 Å². The third-order valence-corrected chi connectivity index (χ3v) is 2.20. The quantitative estimate of drug-likeness (QED) is 0.672. The van der Waals surface area contributed by atoms with Crippen molar-refractivity contribution >= 4 is 5.82 Å². The highest BCUT2D eigenvalue weighted by Gasteiger charge is 2.18. The van der Waals surface area contributed by atoms with Gasteiger partial charge in [0.2, 0.25) is 5.88 Å². The highest BCUT2D eigenvalue weighted by molar-refractivity contribution is 5.52. The molecule has 12 heavy (non-hydrogen) atoms. The lowest BCUT2D eigenvalue weighted by Crippen LogP contribution is -2.13. The Morgan fingerprint density at radius 1 is 1.58 bits per heavy atom. The summed E-state index contributed by atoms with van der Waals surface area (Å²) in [7, 11) is 3.59. The second-order valence-electron chi connectivity index (χ2n) is 2.99. The van der Waals surface area contributed by atoms with E-state index in [1.807, 2.05) is 11.7 Å². The molecular formula is C8H13N3O. The molecule has 1 N–H and O–H groups in total. The molecule has 0 atom stereocenters. The van der Waals surface area contributed by atoms with Crippen molar-refractivity contribution in [1.29, 1.82) is 0 Å². The fraction of sp³-hybridized carbons (Fsp3) is 0.625. The zero-order valence-electron chi connectivity index (χ0n) is 7.42. The summed E-state index contributed by atoms with van der Waals surface area (Å²) in [4.78, 5) is 0. The number of anilines is 1. The Bertz CT molecular complexity index is 293. The van der Waals surface area contributed by atoms with Gasteiger partial charge in [-0.05, 0) is 12.8 Å². The maximum Gasteiger partial charge on any atom is 0.237 e. The van der Waals surface area contributed by atoms with Gasteiger partial charge in [0, 0.05) is 13.6 Å². The summed E-state index contributed by atoms with van der Waals surface area (Å²) in [6.07, 6.45) is 2.23. The van der Waals surface area contributed by atoms with Crippen LogP contribution in [0.2, 0.25) is 0 Å². The monoisotopic (exact) mass is 167 g/mol. The molecule has 1 aromatic heterocycles. The Kier molecular flexibility index (Phi) is 1.67. The van der Waals surface area contributed by atoms with Crippen LogP contribution >= 0.6 is 0 Å². The van der Waals surface area contributed by atoms with Crippen molar-refractivity contribution in [2.45, 2.75) is 12.8 Å². The molecule has 0 radical (unpaired) electrons. The summed E-state index contributed by atoms with van der Waals surface area (Å²) in [6, 6.07) is 0. The van der Waals surface area contributed by atoms with Gasteiger partial charge < -0.3 is 10.1 Å². The highest BCUT2D eigenvalue weighted by Crippen LogP contribution is 2.29. The lowest BCUT2D eigenvalue weighted by atomic mass is 10.1. The van der Waals surface area contributed by atoms with Crippen molar-refractivity contribution in [2.24, 2.45) is 7.05 Å². The highest BCUT2D eigenvalue weighted by atomic mass is 16.5. The molecule has 66 valence electrons. The van der Waals surface area contributed by atoms with E-state index in [-0.39, 0.29) is 0 Å². The summed E-state index contributed by atoms with van der Waals surface area (Å²) < 4.78 is 7.00. The van der Waals surface area contributed by atoms with Gasteiger partial charge in [0.25, 0.3) is 0 Å². The van der Waals surface area contributed by atoms with Crippen LogP contribution < -0.4 is 10.1 Å². The van der Waals surface area contributed by atoms with Gasteiger partial charge in [-0.15, -0.1) is 5.10 Å². The van der Waals surface area contributed by atoms with Gasteiger partial charge in [-0.25, -0.2) is 4.68 Å². The van der Waals surface area contributed by atoms with E-state index in [1.54, 1.807) is 7.11 Å². The van der Waals surface area contributed by atoms with E-state index in [1.165, 1.54) is 5.56 Å². The van der Waals surface area contributed by atoms with Gasteiger partial charge in [0.15, 0.2) is 0 Å². The van der Waals surface area contributed by atoms with Crippen LogP contribution in [-0.2, 0) is 13.5 Å². The zero-order valence-corrected chi connectivity index (χ0v) is 7.42. The van der Waals surface area contributed by atoms with E-state index in [2.05, 4.69) is 10.4 Å². The molecule has 2 rings (SSSR count). The van der Waals surface area contributed by atoms with E-state index in [4.69, 9.17) is 4.74 Å². The summed E-state index contributed by atoms with van der Waals surface area (Å²) in [5.41, 5.74) is 1.21. The molecule has 0 saturated carbocycles. The number of hydrogen-bond acceptors (Lipinski definition) is 3. The number of aromatic nitrogens is 2. The molecule has 0 aromatic carbocycles. The SMILES string of the molecule is COc1nn(C)c2c1CCCN2. The third-order valence-electron chi connectivity index (χ3n) is 2.20. The van der Waals surface area contributed by atoms with Crippen molar-refractivity contribution in [3.05, 3.63) is 5.56 Å². The lowest BCUT2D eigenvalue weighted by Gasteiger charge is -2.14. The second kappa shape index (κ2) is 2.69. The number of rotatable bonds is 1. The first-order valence-electron chi connectivity index (χ1n) is 4.16. The normalized spacial score (nSPS) is 15.2. The minimum absolute atomic E-state index is 0.764. The van der Waals surface area contributed by atoms with Crippen molar-refractivity contribution < 1.29 is 4.74 Å². The summed E-state index contributed by atoms with van der Waals surface area (Å²) in [6.45, 7) is 1.04. The van der Waals surface area contributed by atoms with Gasteiger partial charge in [0.05, 0.1) is 12.7 Å². The number of fused-ring (bicyclic) bond motifs is 1. The van der Waals surface area contributed by atoms with Crippen LogP contribution in [0.1, 0.15) is 12.0 Å². The number of ether oxygens (including phenoxy) is 1. The molecule has 0 saturated heterocycles. The van der Waals surface area contributed by atoms with E-state index in [0.717, 1.165) is 31.1 Å². The molecule has 1 aliphatic rings. The molecule has 0 amide bonds. The molecule has 1 aliphatic heterocycles. The lowest BCUT2D eigenvalue weighted by molar-refractivity contribution is 0.387. The van der Waals surface area contributed by atoms with E-state index in [9.17, 15) is 0 Å². The van der Waals surface area contributed by atoms with Crippen LogP contribution in [0.3, 0.4) is 0 Å². The van der Waals surface area contributed by atoms with Crippen LogP contribution in [0.4, 0.5) is 5.82 Å². The summed E-state index contributed by atoms with van der Waals surface area (Å²) in [5.74, 6) is 1.87. The van der Waals surface area contributed by atoms with Crippen LogP contribution in [0.25, 0.3) is 0 Å². The first-order valence-corrected chi connectivity index (χ1v) is 4.16. The fourth-order valence-corrected chi connectivity index (χ4v) is 1.63. The number of aryl methyl sites for hydroxylation is 1. The Morgan fingerprint density at radius 2 is 2.42 bits per heavy atom. The van der Waals surface area contributed by atoms with Gasteiger partial charge in [-0.2, -0.15) is 0 Å². The molecule has 1 aromatic rings. The van der Waals surface area contributed by atoms with Crippen LogP contribution in [0.15, 0.2) is 0 Å². The predicted octanol–water partition coefficient (Wildman–Crippen LogP) is 0.787. The molecule has 0 bridgehead atoms. The molecule has 4 heteroatoms. The van der Waals surface area contributed by atoms with E-state index in [0.29, 0.717) is 0 Å². The largest absolute Gasteiger partial charge is 0.480 e. The summed E-state index contributed by atoms with van der Waals surface area (Å²) in [5, 5.41) is 7.55. The van der Waals surface area contributed by atoms with Crippen molar-refractivity contribution in [3.63, 3.8) is 0 Å². The van der Waals surface area contributed by atoms with E-state index < -0.39 is 0 Å². The molecule has 4 nitrogen and oxygen atoms in total. The number of methoxy groups -OCH3 is 1. The molecule has 2 heterocycles. The number of nitrogens with zero attached hydrogens (tertiary/aromatic N) is 2. The molecule has 0 spiro atoms. The molecule has 0 unspecified atom stereocenters. The van der Waals surface area contributed by atoms with Crippen LogP contribution in [0.5, 0.6) is 5.88 Å². The average Bonchev–Trinajstić information content (AvgIpc) is 2.44. The van der Waals surface area contributed by atoms with Gasteiger partial charge in [-0.1, -0.05) is 0 Å². The van der Waals surface area contributed by atoms with Crippen molar-refractivity contribution in [1.82, 2.24) is 9.78 Å². The van der Waals surface area contributed by atoms with Crippen LogP contribution in [-0.4, -0.2) is 23.4 Å². The van der Waals surface area contributed by atoms with E-state index >= 15 is 0 Å². The molecular weight excluding hydrogens is 154 g/mol. The van der Waals surface area contributed by atoms with Gasteiger partial charge in [-0.3, -0.25) is 0 Å². The summed E-state index contributed by atoms with van der Waals surface area (Å²) >= 11 is 0. The maximum absolute atomic E-state index is 5.16. The minimum atomic E-state index is 0.764. The first kappa shape index (κ1) is 7.46. The Labute approximate surface area is 71.5 Å². The Balaban J connectivity index is 2.47. The average molecular weight is 167 g/mol. The third kappa shape index (κ3) is 0.948. The maximum atomic E-state index is 5.16. The van der Waals surface area contributed by atoms with Crippen LogP contribution in [0, 0.1) is 0 Å². The fourth-order valence-electron chi connectivity index (χ4n) is 1.63. The molecule has 0 fully saturated rings. The Hall–Kier alpha value is -1.19. The predicted molar refractivity (Wildman–Crippen MR) is 46.6 cm³/mol. The first-order chi connectivity index (χ1) is 5.83. The molecule has 0 aliphatic carbocycles. The minimum Gasteiger partial charge on any atom is -0.480 e. The Morgan fingerprint density at radius 3 is 3.17 bits per heavy atom. The van der Waals surface area contributed by atoms with Gasteiger partial charge >= 0.3 is 0 Å².